The fourth-order valence-corrected chi connectivity index (χ4v) is 2.48. The van der Waals surface area contributed by atoms with Gasteiger partial charge < -0.3 is 16.0 Å². The predicted molar refractivity (Wildman–Crippen MR) is 92.5 cm³/mol. The summed E-state index contributed by atoms with van der Waals surface area (Å²) in [7, 11) is 1.72. The molecule has 0 aliphatic carbocycles. The summed E-state index contributed by atoms with van der Waals surface area (Å²) < 4.78 is 0. The number of imide groups is 1. The largest absolute Gasteiger partial charge is 0.356 e. The minimum atomic E-state index is -0.317. The maximum absolute atomic E-state index is 11.4. The molecule has 0 bridgehead atoms. The van der Waals surface area contributed by atoms with Crippen molar-refractivity contribution in [1.29, 1.82) is 0 Å². The molecule has 1 saturated heterocycles. The highest BCUT2D eigenvalue weighted by molar-refractivity contribution is 6.01. The molecular formula is C16H31N5O2. The van der Waals surface area contributed by atoms with Crippen LogP contribution < -0.4 is 16.0 Å². The lowest BCUT2D eigenvalue weighted by Crippen LogP contribution is -2.43. The lowest BCUT2D eigenvalue weighted by Gasteiger charge is -2.15. The Kier molecular flexibility index (Phi) is 9.83. The Morgan fingerprint density at radius 3 is 2.35 bits per heavy atom. The molecule has 0 aromatic carbocycles. The normalized spacial score (nSPS) is 15.0. The SMILES string of the molecule is CCCCCCCCCNC(=NC)NCCN1C(=O)CNC1=O. The van der Waals surface area contributed by atoms with Gasteiger partial charge in [0.1, 0.15) is 0 Å². The third-order valence-corrected chi connectivity index (χ3v) is 3.86. The number of nitrogens with zero attached hydrogens (tertiary/aromatic N) is 2. The lowest BCUT2D eigenvalue weighted by atomic mass is 10.1. The van der Waals surface area contributed by atoms with Gasteiger partial charge in [0.2, 0.25) is 5.91 Å². The minimum absolute atomic E-state index is 0.101. The summed E-state index contributed by atoms with van der Waals surface area (Å²) in [5, 5.41) is 8.88. The van der Waals surface area contributed by atoms with Crippen LogP contribution in [0.5, 0.6) is 0 Å². The second-order valence-electron chi connectivity index (χ2n) is 5.75. The van der Waals surface area contributed by atoms with Crippen molar-refractivity contribution in [2.45, 2.75) is 51.9 Å². The Labute approximate surface area is 139 Å². The second-order valence-corrected chi connectivity index (χ2v) is 5.75. The van der Waals surface area contributed by atoms with E-state index in [4.69, 9.17) is 0 Å². The van der Waals surface area contributed by atoms with Crippen LogP contribution in [0, 0.1) is 0 Å². The number of carbonyl (C=O) groups is 2. The summed E-state index contributed by atoms with van der Waals surface area (Å²) in [5.41, 5.74) is 0. The van der Waals surface area contributed by atoms with Gasteiger partial charge in [-0.15, -0.1) is 0 Å². The zero-order chi connectivity index (χ0) is 16.9. The number of aliphatic imine (C=N–C) groups is 1. The molecule has 23 heavy (non-hydrogen) atoms. The molecule has 0 aromatic heterocycles. The van der Waals surface area contributed by atoms with Crippen molar-refractivity contribution in [3.8, 4) is 0 Å². The van der Waals surface area contributed by atoms with Gasteiger partial charge in [0, 0.05) is 26.7 Å². The van der Waals surface area contributed by atoms with E-state index in [1.54, 1.807) is 7.05 Å². The molecule has 3 amide bonds. The fraction of sp³-hybridized carbons (Fsp3) is 0.812. The maximum Gasteiger partial charge on any atom is 0.324 e. The first-order chi connectivity index (χ1) is 11.2. The average molecular weight is 325 g/mol. The van der Waals surface area contributed by atoms with Gasteiger partial charge in [0.25, 0.3) is 0 Å². The molecule has 7 heteroatoms. The van der Waals surface area contributed by atoms with E-state index in [0.717, 1.165) is 13.0 Å². The fourth-order valence-electron chi connectivity index (χ4n) is 2.48. The Morgan fingerprint density at radius 2 is 1.74 bits per heavy atom. The third-order valence-electron chi connectivity index (χ3n) is 3.86. The van der Waals surface area contributed by atoms with E-state index in [0.29, 0.717) is 19.0 Å². The molecule has 0 radical (unpaired) electrons. The van der Waals surface area contributed by atoms with Crippen molar-refractivity contribution in [2.75, 3.05) is 33.2 Å². The maximum atomic E-state index is 11.4. The van der Waals surface area contributed by atoms with E-state index in [1.165, 1.54) is 43.4 Å². The van der Waals surface area contributed by atoms with E-state index in [2.05, 4.69) is 27.9 Å². The van der Waals surface area contributed by atoms with Crippen molar-refractivity contribution in [2.24, 2.45) is 4.99 Å². The molecule has 0 saturated carbocycles. The van der Waals surface area contributed by atoms with Crippen LogP contribution in [-0.2, 0) is 4.79 Å². The summed E-state index contributed by atoms with van der Waals surface area (Å²) in [6.07, 6.45) is 8.94. The highest BCUT2D eigenvalue weighted by Gasteiger charge is 2.27. The molecule has 0 atom stereocenters. The van der Waals surface area contributed by atoms with Crippen molar-refractivity contribution in [1.82, 2.24) is 20.9 Å². The smallest absolute Gasteiger partial charge is 0.324 e. The molecule has 1 aliphatic heterocycles. The number of urea groups is 1. The summed E-state index contributed by atoms with van der Waals surface area (Å²) >= 11 is 0. The lowest BCUT2D eigenvalue weighted by molar-refractivity contribution is -0.124. The van der Waals surface area contributed by atoms with Crippen LogP contribution >= 0.6 is 0 Å². The monoisotopic (exact) mass is 325 g/mol. The van der Waals surface area contributed by atoms with Gasteiger partial charge in [0.15, 0.2) is 5.96 Å². The number of amides is 3. The third kappa shape index (κ3) is 7.85. The first-order valence-corrected chi connectivity index (χ1v) is 8.71. The number of rotatable bonds is 11. The highest BCUT2D eigenvalue weighted by atomic mass is 16.2. The van der Waals surface area contributed by atoms with Crippen LogP contribution in [0.2, 0.25) is 0 Å². The molecule has 1 heterocycles. The first kappa shape index (κ1) is 19.3. The minimum Gasteiger partial charge on any atom is -0.356 e. The van der Waals surface area contributed by atoms with E-state index < -0.39 is 0 Å². The number of hydrogen-bond donors (Lipinski definition) is 3. The topological polar surface area (TPSA) is 85.8 Å². The van der Waals surface area contributed by atoms with Crippen molar-refractivity contribution >= 4 is 17.9 Å². The summed E-state index contributed by atoms with van der Waals surface area (Å²) in [6.45, 7) is 4.06. The first-order valence-electron chi connectivity index (χ1n) is 8.71. The van der Waals surface area contributed by atoms with Crippen LogP contribution in [0.15, 0.2) is 4.99 Å². The van der Waals surface area contributed by atoms with E-state index >= 15 is 0 Å². The van der Waals surface area contributed by atoms with Gasteiger partial charge in [-0.2, -0.15) is 0 Å². The molecule has 132 valence electrons. The summed E-state index contributed by atoms with van der Waals surface area (Å²) in [6, 6.07) is -0.317. The number of hydrogen-bond acceptors (Lipinski definition) is 3. The Bertz CT molecular complexity index is 382. The summed E-state index contributed by atoms with van der Waals surface area (Å²) in [4.78, 5) is 28.2. The number of guanidine groups is 1. The van der Waals surface area contributed by atoms with Gasteiger partial charge in [-0.1, -0.05) is 45.4 Å². The number of nitrogens with one attached hydrogen (secondary N) is 3. The van der Waals surface area contributed by atoms with Gasteiger partial charge in [-0.25, -0.2) is 4.79 Å². The van der Waals surface area contributed by atoms with Crippen molar-refractivity contribution < 1.29 is 9.59 Å². The zero-order valence-electron chi connectivity index (χ0n) is 14.5. The zero-order valence-corrected chi connectivity index (χ0v) is 14.5. The molecule has 0 unspecified atom stereocenters. The quantitative estimate of drug-likeness (QED) is 0.232. The Hall–Kier alpha value is -1.79. The average Bonchev–Trinajstić information content (AvgIpc) is 2.87. The summed E-state index contributed by atoms with van der Waals surface area (Å²) in [5.74, 6) is 0.533. The van der Waals surface area contributed by atoms with Crippen LogP contribution in [0.3, 0.4) is 0 Å². The molecule has 7 nitrogen and oxygen atoms in total. The van der Waals surface area contributed by atoms with Gasteiger partial charge in [-0.05, 0) is 6.42 Å². The van der Waals surface area contributed by atoms with E-state index in [9.17, 15) is 9.59 Å². The molecule has 1 fully saturated rings. The number of unbranched alkanes of at least 4 members (excludes halogenated alkanes) is 6. The standard InChI is InChI=1S/C16H31N5O2/c1-3-4-5-6-7-8-9-10-18-15(17-2)19-11-12-21-14(22)13-20-16(21)23/h3-13H2,1-2H3,(H,20,23)(H2,17,18,19). The molecule has 1 rings (SSSR count). The van der Waals surface area contributed by atoms with Gasteiger partial charge >= 0.3 is 6.03 Å². The van der Waals surface area contributed by atoms with Crippen LogP contribution in [0.25, 0.3) is 0 Å². The van der Waals surface area contributed by atoms with Crippen molar-refractivity contribution in [3.05, 3.63) is 0 Å². The number of carbonyl (C=O) groups excluding carboxylic acids is 2. The van der Waals surface area contributed by atoms with E-state index in [-0.39, 0.29) is 18.5 Å². The molecule has 0 aromatic rings. The van der Waals surface area contributed by atoms with Gasteiger partial charge in [0.05, 0.1) is 6.54 Å². The van der Waals surface area contributed by atoms with Crippen molar-refractivity contribution in [3.63, 3.8) is 0 Å². The van der Waals surface area contributed by atoms with Crippen LogP contribution in [-0.4, -0.2) is 56.0 Å². The molecule has 0 spiro atoms. The van der Waals surface area contributed by atoms with Crippen LogP contribution in [0.1, 0.15) is 51.9 Å². The Balaban J connectivity index is 2.04. The second kappa shape index (κ2) is 11.7. The van der Waals surface area contributed by atoms with E-state index in [1.807, 2.05) is 0 Å². The van der Waals surface area contributed by atoms with Gasteiger partial charge in [-0.3, -0.25) is 14.7 Å². The predicted octanol–water partition coefficient (Wildman–Crippen LogP) is 1.45. The van der Waals surface area contributed by atoms with Crippen LogP contribution in [0.4, 0.5) is 4.79 Å². The molecule has 1 aliphatic rings. The Morgan fingerprint density at radius 1 is 1.09 bits per heavy atom. The molecular weight excluding hydrogens is 294 g/mol. The highest BCUT2D eigenvalue weighted by Crippen LogP contribution is 2.06. The molecule has 3 N–H and O–H groups in total.